The third kappa shape index (κ3) is 3.80. The summed E-state index contributed by atoms with van der Waals surface area (Å²) >= 11 is 0. The van der Waals surface area contributed by atoms with Crippen molar-refractivity contribution in [2.24, 2.45) is 0 Å². The normalized spacial score (nSPS) is 11.5. The number of carbonyl (C=O) groups is 1. The van der Waals surface area contributed by atoms with E-state index in [1.165, 1.54) is 5.56 Å². The van der Waals surface area contributed by atoms with Crippen molar-refractivity contribution in [1.29, 1.82) is 0 Å². The van der Waals surface area contributed by atoms with E-state index in [1.807, 2.05) is 79.7 Å². The Morgan fingerprint density at radius 1 is 0.926 bits per heavy atom. The predicted molar refractivity (Wildman–Crippen MR) is 109 cm³/mol. The standard InChI is InChI=1S/C23H19N3O/c1-16-11-13-17(14-12-16)15-21(26-23(27)18-7-3-2-4-8-18)22-24-19-9-5-6-10-20(19)25-22/h2-15H,1H3,(H,24,25)(H,26,27)/b21-15-. The molecule has 132 valence electrons. The van der Waals surface area contributed by atoms with Gasteiger partial charge < -0.3 is 10.3 Å². The van der Waals surface area contributed by atoms with Gasteiger partial charge in [-0.1, -0.05) is 60.2 Å². The van der Waals surface area contributed by atoms with Crippen molar-refractivity contribution in [2.75, 3.05) is 0 Å². The van der Waals surface area contributed by atoms with Gasteiger partial charge in [-0.15, -0.1) is 0 Å². The highest BCUT2D eigenvalue weighted by molar-refractivity contribution is 6.01. The van der Waals surface area contributed by atoms with Gasteiger partial charge in [0.15, 0.2) is 5.82 Å². The number of carbonyl (C=O) groups excluding carboxylic acids is 1. The fraction of sp³-hybridized carbons (Fsp3) is 0.0435. The summed E-state index contributed by atoms with van der Waals surface area (Å²) in [7, 11) is 0. The largest absolute Gasteiger partial charge is 0.337 e. The van der Waals surface area contributed by atoms with Gasteiger partial charge in [0.2, 0.25) is 0 Å². The van der Waals surface area contributed by atoms with E-state index in [2.05, 4.69) is 15.3 Å². The molecular weight excluding hydrogens is 334 g/mol. The summed E-state index contributed by atoms with van der Waals surface area (Å²) in [4.78, 5) is 20.6. The van der Waals surface area contributed by atoms with Crippen LogP contribution in [0.15, 0.2) is 78.9 Å². The SMILES string of the molecule is Cc1ccc(/C=C(\NC(=O)c2ccccc2)c2nc3ccccc3[nH]2)cc1. The zero-order chi connectivity index (χ0) is 18.6. The number of hydrogen-bond acceptors (Lipinski definition) is 2. The van der Waals surface area contributed by atoms with Crippen LogP contribution in [0, 0.1) is 6.92 Å². The Morgan fingerprint density at radius 3 is 2.37 bits per heavy atom. The predicted octanol–water partition coefficient (Wildman–Crippen LogP) is 4.80. The van der Waals surface area contributed by atoms with Crippen LogP contribution in [0.2, 0.25) is 0 Å². The molecule has 4 aromatic rings. The maximum Gasteiger partial charge on any atom is 0.255 e. The van der Waals surface area contributed by atoms with Crippen LogP contribution in [0.4, 0.5) is 0 Å². The molecule has 0 unspecified atom stereocenters. The summed E-state index contributed by atoms with van der Waals surface area (Å²) in [6.07, 6.45) is 1.93. The maximum atomic E-state index is 12.7. The number of hydrogen-bond donors (Lipinski definition) is 2. The average molecular weight is 353 g/mol. The fourth-order valence-electron chi connectivity index (χ4n) is 2.86. The third-order valence-corrected chi connectivity index (χ3v) is 4.32. The van der Waals surface area contributed by atoms with Crippen molar-refractivity contribution in [1.82, 2.24) is 15.3 Å². The molecule has 0 bridgehead atoms. The van der Waals surface area contributed by atoms with Gasteiger partial charge in [0.25, 0.3) is 5.91 Å². The molecule has 0 aliphatic carbocycles. The van der Waals surface area contributed by atoms with Crippen molar-refractivity contribution in [3.63, 3.8) is 0 Å². The Kier molecular flexibility index (Phi) is 4.54. The zero-order valence-corrected chi connectivity index (χ0v) is 14.9. The summed E-state index contributed by atoms with van der Waals surface area (Å²) in [6, 6.07) is 25.1. The first-order valence-electron chi connectivity index (χ1n) is 8.79. The molecular formula is C23H19N3O. The number of fused-ring (bicyclic) bond motifs is 1. The quantitative estimate of drug-likeness (QED) is 0.554. The van der Waals surface area contributed by atoms with Crippen molar-refractivity contribution < 1.29 is 4.79 Å². The molecule has 0 radical (unpaired) electrons. The molecule has 3 aromatic carbocycles. The molecule has 4 rings (SSSR count). The highest BCUT2D eigenvalue weighted by Crippen LogP contribution is 2.19. The van der Waals surface area contributed by atoms with Gasteiger partial charge in [-0.05, 0) is 42.8 Å². The van der Waals surface area contributed by atoms with Crippen LogP contribution in [-0.4, -0.2) is 15.9 Å². The van der Waals surface area contributed by atoms with Gasteiger partial charge in [-0.25, -0.2) is 4.98 Å². The second kappa shape index (κ2) is 7.30. The van der Waals surface area contributed by atoms with Crippen LogP contribution in [0.25, 0.3) is 22.8 Å². The fourth-order valence-corrected chi connectivity index (χ4v) is 2.86. The Morgan fingerprint density at radius 2 is 1.63 bits per heavy atom. The smallest absolute Gasteiger partial charge is 0.255 e. The number of aryl methyl sites for hydroxylation is 1. The topological polar surface area (TPSA) is 57.8 Å². The molecule has 0 aliphatic heterocycles. The lowest BCUT2D eigenvalue weighted by Gasteiger charge is -2.08. The Bertz CT molecular complexity index is 1080. The lowest BCUT2D eigenvalue weighted by Crippen LogP contribution is -2.22. The number of rotatable bonds is 4. The average Bonchev–Trinajstić information content (AvgIpc) is 3.14. The lowest BCUT2D eigenvalue weighted by molar-refractivity contribution is 0.0973. The van der Waals surface area contributed by atoms with Crippen LogP contribution >= 0.6 is 0 Å². The second-order valence-corrected chi connectivity index (χ2v) is 6.39. The molecule has 1 heterocycles. The number of aromatic amines is 1. The molecule has 1 aromatic heterocycles. The van der Waals surface area contributed by atoms with Gasteiger partial charge in [0.1, 0.15) is 0 Å². The van der Waals surface area contributed by atoms with Crippen LogP contribution < -0.4 is 5.32 Å². The van der Waals surface area contributed by atoms with E-state index in [4.69, 9.17) is 0 Å². The van der Waals surface area contributed by atoms with E-state index in [0.717, 1.165) is 16.6 Å². The number of para-hydroxylation sites is 2. The number of benzene rings is 3. The Hall–Kier alpha value is -3.66. The summed E-state index contributed by atoms with van der Waals surface area (Å²) in [5.74, 6) is 0.454. The van der Waals surface area contributed by atoms with Gasteiger partial charge in [-0.3, -0.25) is 4.79 Å². The molecule has 0 spiro atoms. The Balaban J connectivity index is 1.74. The van der Waals surface area contributed by atoms with Crippen molar-refractivity contribution in [3.8, 4) is 0 Å². The summed E-state index contributed by atoms with van der Waals surface area (Å²) in [6.45, 7) is 2.05. The van der Waals surface area contributed by atoms with E-state index in [9.17, 15) is 4.79 Å². The monoisotopic (exact) mass is 353 g/mol. The summed E-state index contributed by atoms with van der Waals surface area (Å²) < 4.78 is 0. The molecule has 4 nitrogen and oxygen atoms in total. The van der Waals surface area contributed by atoms with Gasteiger partial charge in [0.05, 0.1) is 16.7 Å². The minimum absolute atomic E-state index is 0.172. The molecule has 0 saturated carbocycles. The molecule has 2 N–H and O–H groups in total. The molecule has 0 atom stereocenters. The molecule has 1 amide bonds. The number of nitrogens with zero attached hydrogens (tertiary/aromatic N) is 1. The van der Waals surface area contributed by atoms with E-state index in [-0.39, 0.29) is 5.91 Å². The number of nitrogens with one attached hydrogen (secondary N) is 2. The highest BCUT2D eigenvalue weighted by atomic mass is 16.1. The zero-order valence-electron chi connectivity index (χ0n) is 14.9. The van der Waals surface area contributed by atoms with E-state index in [1.54, 1.807) is 12.1 Å². The van der Waals surface area contributed by atoms with E-state index in [0.29, 0.717) is 17.1 Å². The molecule has 4 heteroatoms. The summed E-state index contributed by atoms with van der Waals surface area (Å²) in [5.41, 5.74) is 5.19. The maximum absolute atomic E-state index is 12.7. The minimum atomic E-state index is -0.172. The molecule has 0 saturated heterocycles. The first kappa shape index (κ1) is 16.8. The number of aromatic nitrogens is 2. The Labute approximate surface area is 157 Å². The highest BCUT2D eigenvalue weighted by Gasteiger charge is 2.13. The van der Waals surface area contributed by atoms with Crippen LogP contribution in [0.1, 0.15) is 27.3 Å². The lowest BCUT2D eigenvalue weighted by atomic mass is 10.1. The first-order valence-corrected chi connectivity index (χ1v) is 8.79. The summed E-state index contributed by atoms with van der Waals surface area (Å²) in [5, 5.41) is 3.00. The van der Waals surface area contributed by atoms with Crippen LogP contribution in [0.5, 0.6) is 0 Å². The van der Waals surface area contributed by atoms with Crippen molar-refractivity contribution in [3.05, 3.63) is 101 Å². The third-order valence-electron chi connectivity index (χ3n) is 4.32. The number of amides is 1. The molecule has 0 fully saturated rings. The van der Waals surface area contributed by atoms with E-state index < -0.39 is 0 Å². The first-order chi connectivity index (χ1) is 13.2. The number of H-pyrrole nitrogens is 1. The van der Waals surface area contributed by atoms with Crippen molar-refractivity contribution >= 4 is 28.7 Å². The van der Waals surface area contributed by atoms with Gasteiger partial charge in [-0.2, -0.15) is 0 Å². The second-order valence-electron chi connectivity index (χ2n) is 6.39. The van der Waals surface area contributed by atoms with Crippen LogP contribution in [-0.2, 0) is 0 Å². The van der Waals surface area contributed by atoms with Gasteiger partial charge >= 0.3 is 0 Å². The van der Waals surface area contributed by atoms with Gasteiger partial charge in [0, 0.05) is 5.56 Å². The van der Waals surface area contributed by atoms with Crippen LogP contribution in [0.3, 0.4) is 0 Å². The number of imidazole rings is 1. The van der Waals surface area contributed by atoms with E-state index >= 15 is 0 Å². The molecule has 27 heavy (non-hydrogen) atoms. The minimum Gasteiger partial charge on any atom is -0.337 e. The van der Waals surface area contributed by atoms with Crippen molar-refractivity contribution in [2.45, 2.75) is 6.92 Å². The molecule has 0 aliphatic rings.